The van der Waals surface area contributed by atoms with Crippen LogP contribution in [0.1, 0.15) is 19.2 Å². The van der Waals surface area contributed by atoms with Gasteiger partial charge in [0.25, 0.3) is 6.43 Å². The van der Waals surface area contributed by atoms with E-state index in [2.05, 4.69) is 19.9 Å². The normalized spacial score (nSPS) is 16.6. The summed E-state index contributed by atoms with van der Waals surface area (Å²) < 4.78 is 40.9. The van der Waals surface area contributed by atoms with E-state index in [1.54, 1.807) is 23.1 Å². The first-order valence-electron chi connectivity index (χ1n) is 12.1. The summed E-state index contributed by atoms with van der Waals surface area (Å²) in [6, 6.07) is 5.10. The second-order valence-corrected chi connectivity index (χ2v) is 8.77. The predicted octanol–water partition coefficient (Wildman–Crippen LogP) is 2.27. The van der Waals surface area contributed by atoms with Gasteiger partial charge in [0.05, 0.1) is 25.3 Å². The van der Waals surface area contributed by atoms with Crippen molar-refractivity contribution in [1.29, 1.82) is 0 Å². The molecule has 0 unspecified atom stereocenters. The number of para-hydroxylation sites is 1. The third-order valence-corrected chi connectivity index (χ3v) is 6.52. The Morgan fingerprint density at radius 1 is 1.00 bits per heavy atom. The number of imidazole rings is 1. The van der Waals surface area contributed by atoms with Crippen LogP contribution in [0.4, 0.5) is 20.7 Å². The lowest BCUT2D eigenvalue weighted by molar-refractivity contribution is -0.128. The van der Waals surface area contributed by atoms with Crippen LogP contribution in [-0.4, -0.2) is 100 Å². The maximum Gasteiger partial charge on any atom is 0.296 e. The van der Waals surface area contributed by atoms with Gasteiger partial charge in [0.15, 0.2) is 5.82 Å². The number of nitrogens with zero attached hydrogens (tertiary/aromatic N) is 8. The number of ether oxygens (including phenoxy) is 2. The van der Waals surface area contributed by atoms with Crippen LogP contribution in [0.5, 0.6) is 5.75 Å². The summed E-state index contributed by atoms with van der Waals surface area (Å²) in [5, 5.41) is 0. The molecule has 0 aliphatic carbocycles. The maximum absolute atomic E-state index is 14.3. The van der Waals surface area contributed by atoms with Crippen LogP contribution in [-0.2, 0) is 9.53 Å². The quantitative estimate of drug-likeness (QED) is 0.421. The molecule has 5 rings (SSSR count). The number of morpholine rings is 1. The van der Waals surface area contributed by atoms with Gasteiger partial charge >= 0.3 is 0 Å². The number of hydrogen-bond acceptors (Lipinski definition) is 9. The van der Waals surface area contributed by atoms with Crippen molar-refractivity contribution in [3.63, 3.8) is 0 Å². The number of fused-ring (bicyclic) bond motifs is 1. The maximum atomic E-state index is 14.3. The van der Waals surface area contributed by atoms with Gasteiger partial charge in [-0.15, -0.1) is 11.6 Å². The van der Waals surface area contributed by atoms with Crippen molar-refractivity contribution in [2.75, 3.05) is 74.8 Å². The number of anilines is 2. The van der Waals surface area contributed by atoms with Gasteiger partial charge in [-0.05, 0) is 19.1 Å². The van der Waals surface area contributed by atoms with Crippen molar-refractivity contribution in [3.05, 3.63) is 24.0 Å². The van der Waals surface area contributed by atoms with Crippen molar-refractivity contribution < 1.29 is 23.0 Å². The average Bonchev–Trinajstić information content (AvgIpc) is 3.34. The van der Waals surface area contributed by atoms with Crippen molar-refractivity contribution in [2.24, 2.45) is 0 Å². The van der Waals surface area contributed by atoms with E-state index in [0.717, 1.165) is 0 Å². The van der Waals surface area contributed by atoms with Crippen LogP contribution in [0.2, 0.25) is 0 Å². The number of hydrogen-bond donors (Lipinski definition) is 0. The van der Waals surface area contributed by atoms with Crippen LogP contribution in [0.3, 0.4) is 0 Å². The molecule has 2 aromatic heterocycles. The van der Waals surface area contributed by atoms with E-state index in [-0.39, 0.29) is 17.7 Å². The largest absolute Gasteiger partial charge is 0.492 e. The molecule has 2 fully saturated rings. The highest BCUT2D eigenvalue weighted by Crippen LogP contribution is 2.32. The fourth-order valence-electron chi connectivity index (χ4n) is 4.45. The highest BCUT2D eigenvalue weighted by atomic mass is 35.5. The van der Waals surface area contributed by atoms with E-state index < -0.39 is 12.2 Å². The number of halogens is 3. The molecule has 2 aliphatic heterocycles. The third kappa shape index (κ3) is 5.10. The monoisotopic (exact) mass is 536 g/mol. The number of amides is 1. The zero-order chi connectivity index (χ0) is 25.9. The minimum atomic E-state index is -2.88. The van der Waals surface area contributed by atoms with Crippen molar-refractivity contribution in [2.45, 2.75) is 13.3 Å². The molecule has 4 heterocycles. The minimum Gasteiger partial charge on any atom is -0.492 e. The Labute approximate surface area is 217 Å². The van der Waals surface area contributed by atoms with Gasteiger partial charge < -0.3 is 24.2 Å². The Morgan fingerprint density at radius 2 is 1.65 bits per heavy atom. The highest BCUT2D eigenvalue weighted by Gasteiger charge is 2.28. The Kier molecular flexibility index (Phi) is 7.51. The lowest BCUT2D eigenvalue weighted by Crippen LogP contribution is -2.50. The average molecular weight is 537 g/mol. The third-order valence-electron chi connectivity index (χ3n) is 6.29. The summed E-state index contributed by atoms with van der Waals surface area (Å²) in [5.41, 5.74) is 0.714. The molecule has 0 saturated carbocycles. The summed E-state index contributed by atoms with van der Waals surface area (Å²) in [4.78, 5) is 35.7. The molecule has 2 saturated heterocycles. The summed E-state index contributed by atoms with van der Waals surface area (Å²) in [5.74, 6) is 0.456. The van der Waals surface area contributed by atoms with Gasteiger partial charge in [-0.1, -0.05) is 6.07 Å². The minimum absolute atomic E-state index is 0.0391. The number of aromatic nitrogens is 5. The SMILES string of the molecule is CCOc1cccc2c1nc(C(F)F)n2-c1nc(N2CCOCC2)nc(N2CCN(C(=O)CCl)CC2)n1. The van der Waals surface area contributed by atoms with E-state index in [1.807, 2.05) is 16.7 Å². The summed E-state index contributed by atoms with van der Waals surface area (Å²) in [7, 11) is 0. The van der Waals surface area contributed by atoms with E-state index in [1.165, 1.54) is 4.57 Å². The molecule has 11 nitrogen and oxygen atoms in total. The first-order chi connectivity index (χ1) is 18.0. The standard InChI is InChI=1S/C23H27ClF2N8O3/c1-2-37-16-5-3-4-15-18(16)27-20(19(25)26)34(15)23-29-21(28-22(30-23)33-10-12-36-13-11-33)32-8-6-31(7-9-32)17(35)14-24/h3-5,19H,2,6-14H2,1H3. The van der Waals surface area contributed by atoms with Crippen molar-refractivity contribution >= 4 is 40.4 Å². The topological polar surface area (TPSA) is 102 Å². The van der Waals surface area contributed by atoms with Gasteiger partial charge in [-0.2, -0.15) is 15.0 Å². The zero-order valence-electron chi connectivity index (χ0n) is 20.3. The van der Waals surface area contributed by atoms with Crippen LogP contribution in [0.25, 0.3) is 17.0 Å². The summed E-state index contributed by atoms with van der Waals surface area (Å²) in [6.45, 7) is 6.14. The van der Waals surface area contributed by atoms with Crippen molar-refractivity contribution in [3.8, 4) is 11.7 Å². The molecule has 3 aromatic rings. The summed E-state index contributed by atoms with van der Waals surface area (Å²) >= 11 is 5.71. The molecule has 0 spiro atoms. The van der Waals surface area contributed by atoms with E-state index in [4.69, 9.17) is 21.1 Å². The zero-order valence-corrected chi connectivity index (χ0v) is 21.1. The number of piperazine rings is 1. The molecular formula is C23H27ClF2N8O3. The lowest BCUT2D eigenvalue weighted by atomic mass is 10.3. The molecule has 0 bridgehead atoms. The Balaban J connectivity index is 1.61. The molecule has 14 heteroatoms. The summed E-state index contributed by atoms with van der Waals surface area (Å²) in [6.07, 6.45) is -2.88. The van der Waals surface area contributed by atoms with Gasteiger partial charge in [-0.25, -0.2) is 13.8 Å². The fourth-order valence-corrected chi connectivity index (χ4v) is 4.62. The second kappa shape index (κ2) is 11.0. The first-order valence-corrected chi connectivity index (χ1v) is 12.6. The Morgan fingerprint density at radius 3 is 2.27 bits per heavy atom. The van der Waals surface area contributed by atoms with Crippen LogP contribution in [0.15, 0.2) is 18.2 Å². The first kappa shape index (κ1) is 25.3. The molecule has 0 atom stereocenters. The van der Waals surface area contributed by atoms with Crippen LogP contribution < -0.4 is 14.5 Å². The van der Waals surface area contributed by atoms with E-state index in [0.29, 0.717) is 87.8 Å². The van der Waals surface area contributed by atoms with Gasteiger partial charge in [0.1, 0.15) is 17.1 Å². The van der Waals surface area contributed by atoms with Crippen LogP contribution in [0, 0.1) is 0 Å². The molecule has 0 N–H and O–H groups in total. The van der Waals surface area contributed by atoms with Crippen LogP contribution >= 0.6 is 11.6 Å². The molecule has 0 radical (unpaired) electrons. The molecule has 198 valence electrons. The Bertz CT molecular complexity index is 1260. The Hall–Kier alpha value is -3.32. The molecule has 1 aromatic carbocycles. The molecular weight excluding hydrogens is 510 g/mol. The van der Waals surface area contributed by atoms with E-state index >= 15 is 0 Å². The number of rotatable bonds is 7. The predicted molar refractivity (Wildman–Crippen MR) is 133 cm³/mol. The van der Waals surface area contributed by atoms with Gasteiger partial charge in [-0.3, -0.25) is 9.36 Å². The fraction of sp³-hybridized carbons (Fsp3) is 0.522. The number of carbonyl (C=O) groups is 1. The lowest BCUT2D eigenvalue weighted by Gasteiger charge is -2.35. The number of benzene rings is 1. The second-order valence-electron chi connectivity index (χ2n) is 8.50. The van der Waals surface area contributed by atoms with Gasteiger partial charge in [0, 0.05) is 39.3 Å². The molecule has 2 aliphatic rings. The van der Waals surface area contributed by atoms with Crippen molar-refractivity contribution in [1.82, 2.24) is 29.4 Å². The smallest absolute Gasteiger partial charge is 0.296 e. The molecule has 37 heavy (non-hydrogen) atoms. The molecule has 1 amide bonds. The number of carbonyl (C=O) groups excluding carboxylic acids is 1. The van der Waals surface area contributed by atoms with E-state index in [9.17, 15) is 13.6 Å². The number of alkyl halides is 3. The van der Waals surface area contributed by atoms with Gasteiger partial charge in [0.2, 0.25) is 23.8 Å². The highest BCUT2D eigenvalue weighted by molar-refractivity contribution is 6.27.